The second kappa shape index (κ2) is 7.21. The zero-order valence-corrected chi connectivity index (χ0v) is 13.1. The van der Waals surface area contributed by atoms with Crippen LogP contribution in [0.4, 0.5) is 18.9 Å². The van der Waals surface area contributed by atoms with Crippen LogP contribution in [0.3, 0.4) is 0 Å². The number of carbonyl (C=O) groups excluding carboxylic acids is 2. The number of amides is 2. The molecule has 2 amide bonds. The Morgan fingerprint density at radius 1 is 1.17 bits per heavy atom. The molecule has 0 saturated heterocycles. The molecule has 2 rings (SSSR count). The first-order valence-electron chi connectivity index (χ1n) is 7.65. The Kier molecular flexibility index (Phi) is 5.48. The number of hydrogen-bond donors (Lipinski definition) is 3. The Labute approximate surface area is 137 Å². The van der Waals surface area contributed by atoms with Gasteiger partial charge in [0, 0.05) is 18.2 Å². The highest BCUT2D eigenvalue weighted by molar-refractivity contribution is 5.97. The molecular formula is C16H19F3N2O3. The van der Waals surface area contributed by atoms with Crippen molar-refractivity contribution in [2.24, 2.45) is 0 Å². The molecule has 1 saturated carbocycles. The molecule has 5 nitrogen and oxygen atoms in total. The van der Waals surface area contributed by atoms with E-state index in [1.54, 1.807) is 0 Å². The molecule has 24 heavy (non-hydrogen) atoms. The van der Waals surface area contributed by atoms with Gasteiger partial charge in [-0.25, -0.2) is 0 Å². The van der Waals surface area contributed by atoms with Gasteiger partial charge in [-0.15, -0.1) is 0 Å². The molecule has 2 atom stereocenters. The standard InChI is InChI=1S/C16H19F3N2O3/c1-9(22)20-12-7-10(6-11(8-12)16(17,18)19)15(24)21-13-4-2-3-5-14(13)23/h6-8,13-14,23H,2-5H2,1H3,(H,20,22)(H,21,24). The number of carbonyl (C=O) groups is 2. The van der Waals surface area contributed by atoms with Crippen molar-refractivity contribution in [3.8, 4) is 0 Å². The van der Waals surface area contributed by atoms with Crippen LogP contribution in [0.5, 0.6) is 0 Å². The lowest BCUT2D eigenvalue weighted by Crippen LogP contribution is -2.45. The summed E-state index contributed by atoms with van der Waals surface area (Å²) in [6.45, 7) is 1.17. The van der Waals surface area contributed by atoms with Crippen molar-refractivity contribution in [2.75, 3.05) is 5.32 Å². The number of benzene rings is 1. The molecule has 1 aromatic carbocycles. The molecular weight excluding hydrogens is 325 g/mol. The van der Waals surface area contributed by atoms with Gasteiger partial charge in [0.1, 0.15) is 0 Å². The molecule has 0 spiro atoms. The third-order valence-corrected chi connectivity index (χ3v) is 3.89. The fraction of sp³-hybridized carbons (Fsp3) is 0.500. The number of anilines is 1. The van der Waals surface area contributed by atoms with Gasteiger partial charge in [0.15, 0.2) is 0 Å². The fourth-order valence-corrected chi connectivity index (χ4v) is 2.73. The zero-order chi connectivity index (χ0) is 17.9. The molecule has 0 heterocycles. The molecule has 3 N–H and O–H groups in total. The molecule has 1 aromatic rings. The average Bonchev–Trinajstić information content (AvgIpc) is 2.47. The summed E-state index contributed by atoms with van der Waals surface area (Å²) < 4.78 is 39.0. The Bertz CT molecular complexity index is 631. The molecule has 0 aliphatic heterocycles. The number of aliphatic hydroxyl groups excluding tert-OH is 1. The first kappa shape index (κ1) is 18.3. The maximum absolute atomic E-state index is 13.0. The highest BCUT2D eigenvalue weighted by Gasteiger charge is 2.32. The first-order chi connectivity index (χ1) is 11.2. The van der Waals surface area contributed by atoms with Gasteiger partial charge in [-0.1, -0.05) is 12.8 Å². The van der Waals surface area contributed by atoms with Crippen LogP contribution in [0.1, 0.15) is 48.5 Å². The second-order valence-electron chi connectivity index (χ2n) is 5.91. The van der Waals surface area contributed by atoms with E-state index < -0.39 is 35.7 Å². The maximum atomic E-state index is 13.0. The van der Waals surface area contributed by atoms with Crippen LogP contribution in [0.15, 0.2) is 18.2 Å². The topological polar surface area (TPSA) is 78.4 Å². The number of rotatable bonds is 3. The van der Waals surface area contributed by atoms with E-state index in [0.29, 0.717) is 12.8 Å². The Hall–Kier alpha value is -2.09. The maximum Gasteiger partial charge on any atom is 0.416 e. The van der Waals surface area contributed by atoms with Crippen LogP contribution >= 0.6 is 0 Å². The molecule has 8 heteroatoms. The van der Waals surface area contributed by atoms with E-state index in [2.05, 4.69) is 10.6 Å². The summed E-state index contributed by atoms with van der Waals surface area (Å²) in [7, 11) is 0. The minimum absolute atomic E-state index is 0.105. The summed E-state index contributed by atoms with van der Waals surface area (Å²) >= 11 is 0. The molecule has 1 fully saturated rings. The van der Waals surface area contributed by atoms with Crippen LogP contribution in [-0.2, 0) is 11.0 Å². The molecule has 132 valence electrons. The highest BCUT2D eigenvalue weighted by atomic mass is 19.4. The number of nitrogens with one attached hydrogen (secondary N) is 2. The quantitative estimate of drug-likeness (QED) is 0.789. The summed E-state index contributed by atoms with van der Waals surface area (Å²) in [6, 6.07) is 2.20. The first-order valence-corrected chi connectivity index (χ1v) is 7.65. The summed E-state index contributed by atoms with van der Waals surface area (Å²) in [6.07, 6.45) is -2.54. The minimum atomic E-state index is -4.64. The lowest BCUT2D eigenvalue weighted by molar-refractivity contribution is -0.137. The smallest absolute Gasteiger partial charge is 0.391 e. The van der Waals surface area contributed by atoms with Crippen molar-refractivity contribution < 1.29 is 27.9 Å². The number of halogens is 3. The van der Waals surface area contributed by atoms with Crippen molar-refractivity contribution in [2.45, 2.75) is 50.9 Å². The molecule has 2 unspecified atom stereocenters. The minimum Gasteiger partial charge on any atom is -0.391 e. The van der Waals surface area contributed by atoms with E-state index in [9.17, 15) is 27.9 Å². The van der Waals surface area contributed by atoms with E-state index >= 15 is 0 Å². The summed E-state index contributed by atoms with van der Waals surface area (Å²) in [4.78, 5) is 23.4. The number of hydrogen-bond acceptors (Lipinski definition) is 3. The van der Waals surface area contributed by atoms with Crippen LogP contribution in [0.2, 0.25) is 0 Å². The summed E-state index contributed by atoms with van der Waals surface area (Å²) in [5.41, 5.74) is -1.35. The average molecular weight is 344 g/mol. The van der Waals surface area contributed by atoms with E-state index in [0.717, 1.165) is 25.0 Å². The highest BCUT2D eigenvalue weighted by Crippen LogP contribution is 2.32. The second-order valence-corrected chi connectivity index (χ2v) is 5.91. The summed E-state index contributed by atoms with van der Waals surface area (Å²) in [5.74, 6) is -1.25. The Morgan fingerprint density at radius 2 is 1.83 bits per heavy atom. The number of aliphatic hydroxyl groups is 1. The van der Waals surface area contributed by atoms with Crippen LogP contribution < -0.4 is 10.6 Å². The van der Waals surface area contributed by atoms with Crippen molar-refractivity contribution >= 4 is 17.5 Å². The SMILES string of the molecule is CC(=O)Nc1cc(C(=O)NC2CCCCC2O)cc(C(F)(F)F)c1. The number of alkyl halides is 3. The molecule has 0 bridgehead atoms. The van der Waals surface area contributed by atoms with Gasteiger partial charge in [-0.3, -0.25) is 9.59 Å². The molecule has 1 aliphatic carbocycles. The monoisotopic (exact) mass is 344 g/mol. The predicted molar refractivity (Wildman–Crippen MR) is 81.5 cm³/mol. The van der Waals surface area contributed by atoms with Gasteiger partial charge in [0.25, 0.3) is 5.91 Å². The zero-order valence-electron chi connectivity index (χ0n) is 13.1. The summed E-state index contributed by atoms with van der Waals surface area (Å²) in [5, 5.41) is 14.7. The predicted octanol–water partition coefficient (Wildman–Crippen LogP) is 2.70. The van der Waals surface area contributed by atoms with Gasteiger partial charge in [0.05, 0.1) is 17.7 Å². The van der Waals surface area contributed by atoms with Crippen molar-refractivity contribution in [1.29, 1.82) is 0 Å². The van der Waals surface area contributed by atoms with E-state index in [1.165, 1.54) is 13.0 Å². The lowest BCUT2D eigenvalue weighted by Gasteiger charge is -2.28. The van der Waals surface area contributed by atoms with Gasteiger partial charge in [-0.2, -0.15) is 13.2 Å². The Morgan fingerprint density at radius 3 is 2.42 bits per heavy atom. The van der Waals surface area contributed by atoms with Crippen molar-refractivity contribution in [3.05, 3.63) is 29.3 Å². The van der Waals surface area contributed by atoms with Crippen LogP contribution in [0, 0.1) is 0 Å². The van der Waals surface area contributed by atoms with Crippen LogP contribution in [-0.4, -0.2) is 29.1 Å². The van der Waals surface area contributed by atoms with Gasteiger partial charge >= 0.3 is 6.18 Å². The lowest BCUT2D eigenvalue weighted by atomic mass is 9.92. The molecule has 1 aliphatic rings. The molecule has 0 aromatic heterocycles. The van der Waals surface area contributed by atoms with Crippen molar-refractivity contribution in [1.82, 2.24) is 5.32 Å². The van der Waals surface area contributed by atoms with Crippen molar-refractivity contribution in [3.63, 3.8) is 0 Å². The van der Waals surface area contributed by atoms with E-state index in [4.69, 9.17) is 0 Å². The van der Waals surface area contributed by atoms with Crippen LogP contribution in [0.25, 0.3) is 0 Å². The van der Waals surface area contributed by atoms with Gasteiger partial charge in [-0.05, 0) is 31.0 Å². The van der Waals surface area contributed by atoms with E-state index in [1.807, 2.05) is 0 Å². The molecule has 0 radical (unpaired) electrons. The third kappa shape index (κ3) is 4.70. The third-order valence-electron chi connectivity index (χ3n) is 3.89. The normalized spacial score (nSPS) is 21.2. The Balaban J connectivity index is 2.26. The van der Waals surface area contributed by atoms with Gasteiger partial charge < -0.3 is 15.7 Å². The fourth-order valence-electron chi connectivity index (χ4n) is 2.73. The van der Waals surface area contributed by atoms with E-state index in [-0.39, 0.29) is 11.3 Å². The van der Waals surface area contributed by atoms with Gasteiger partial charge in [0.2, 0.25) is 5.91 Å². The largest absolute Gasteiger partial charge is 0.416 e.